The molecule has 0 unspecified atom stereocenters. The first-order chi connectivity index (χ1) is 9.42. The monoisotopic (exact) mass is 311 g/mol. The molecule has 20 heavy (non-hydrogen) atoms. The van der Waals surface area contributed by atoms with Crippen LogP contribution in [0.2, 0.25) is 10.4 Å². The molecule has 106 valence electrons. The van der Waals surface area contributed by atoms with E-state index >= 15 is 0 Å². The van der Waals surface area contributed by atoms with Gasteiger partial charge in [0.25, 0.3) is 5.88 Å². The highest BCUT2D eigenvalue weighted by molar-refractivity contribution is 6.31. The van der Waals surface area contributed by atoms with Crippen molar-refractivity contribution < 1.29 is 4.74 Å². The lowest BCUT2D eigenvalue weighted by atomic mass is 9.82. The molecule has 0 amide bonds. The average molecular weight is 312 g/mol. The largest absolute Gasteiger partial charge is 0.436 e. The smallest absolute Gasteiger partial charge is 0.262 e. The van der Waals surface area contributed by atoms with Crippen LogP contribution in [-0.2, 0) is 5.41 Å². The second kappa shape index (κ2) is 5.94. The molecule has 0 aliphatic carbocycles. The molecule has 0 radical (unpaired) electrons. The van der Waals surface area contributed by atoms with E-state index in [0.29, 0.717) is 5.75 Å². The van der Waals surface area contributed by atoms with Gasteiger partial charge in [0.2, 0.25) is 10.4 Å². The van der Waals surface area contributed by atoms with Crippen LogP contribution in [-0.4, -0.2) is 15.2 Å². The van der Waals surface area contributed by atoms with Gasteiger partial charge in [-0.25, -0.2) is 0 Å². The van der Waals surface area contributed by atoms with Crippen LogP contribution in [0.4, 0.5) is 0 Å². The summed E-state index contributed by atoms with van der Waals surface area (Å²) in [4.78, 5) is 3.89. The summed E-state index contributed by atoms with van der Waals surface area (Å²) in [7, 11) is 0. The topological polar surface area (TPSA) is 47.9 Å². The van der Waals surface area contributed by atoms with Crippen molar-refractivity contribution in [1.82, 2.24) is 15.2 Å². The maximum absolute atomic E-state index is 5.85. The number of hydrogen-bond donors (Lipinski definition) is 0. The van der Waals surface area contributed by atoms with E-state index in [1.54, 1.807) is 0 Å². The first-order valence-electron chi connectivity index (χ1n) is 6.26. The van der Waals surface area contributed by atoms with Crippen molar-refractivity contribution in [3.63, 3.8) is 0 Å². The Balaban J connectivity index is 2.21. The number of nitrogens with zero attached hydrogens (tertiary/aromatic N) is 3. The molecule has 6 heteroatoms. The summed E-state index contributed by atoms with van der Waals surface area (Å²) >= 11 is 11.5. The van der Waals surface area contributed by atoms with E-state index in [2.05, 4.69) is 36.0 Å². The summed E-state index contributed by atoms with van der Waals surface area (Å²) in [6.07, 6.45) is 1.06. The van der Waals surface area contributed by atoms with E-state index in [1.807, 2.05) is 24.3 Å². The van der Waals surface area contributed by atoms with Crippen LogP contribution in [0, 0.1) is 0 Å². The Kier molecular flexibility index (Phi) is 4.45. The molecule has 0 saturated heterocycles. The van der Waals surface area contributed by atoms with Crippen molar-refractivity contribution in [3.05, 3.63) is 40.3 Å². The zero-order chi connectivity index (χ0) is 14.8. The van der Waals surface area contributed by atoms with Crippen molar-refractivity contribution >= 4 is 23.2 Å². The van der Waals surface area contributed by atoms with Crippen LogP contribution in [0.3, 0.4) is 0 Å². The van der Waals surface area contributed by atoms with Gasteiger partial charge in [-0.1, -0.05) is 44.5 Å². The van der Waals surface area contributed by atoms with Crippen molar-refractivity contribution in [3.8, 4) is 11.6 Å². The highest BCUT2D eigenvalue weighted by Crippen LogP contribution is 2.30. The summed E-state index contributed by atoms with van der Waals surface area (Å²) in [5.41, 5.74) is 1.38. The van der Waals surface area contributed by atoms with E-state index < -0.39 is 0 Å². The van der Waals surface area contributed by atoms with Crippen LogP contribution in [0.15, 0.2) is 24.3 Å². The van der Waals surface area contributed by atoms with E-state index in [0.717, 1.165) is 6.42 Å². The quantitative estimate of drug-likeness (QED) is 0.824. The minimum absolute atomic E-state index is 0.00636. The number of aromatic nitrogens is 3. The van der Waals surface area contributed by atoms with Gasteiger partial charge in [-0.15, -0.1) is 10.2 Å². The standard InChI is InChI=1S/C14H15Cl2N3O/c1-4-14(2,3)9-5-7-10(8-6-9)20-12-11(15)18-19-13(16)17-12/h5-8H,4H2,1-3H3. The molecule has 0 fully saturated rings. The van der Waals surface area contributed by atoms with Gasteiger partial charge in [0.05, 0.1) is 0 Å². The number of hydrogen-bond acceptors (Lipinski definition) is 4. The molecule has 0 aliphatic heterocycles. The van der Waals surface area contributed by atoms with Crippen LogP contribution >= 0.6 is 23.2 Å². The maximum atomic E-state index is 5.85. The molecule has 0 saturated carbocycles. The Bertz CT molecular complexity index is 600. The van der Waals surface area contributed by atoms with E-state index in [-0.39, 0.29) is 21.7 Å². The Labute approximate surface area is 128 Å². The highest BCUT2D eigenvalue weighted by atomic mass is 35.5. The Morgan fingerprint density at radius 1 is 1.10 bits per heavy atom. The van der Waals surface area contributed by atoms with Crippen molar-refractivity contribution in [2.75, 3.05) is 0 Å². The number of halogens is 2. The molecule has 0 atom stereocenters. The lowest BCUT2D eigenvalue weighted by Crippen LogP contribution is -2.14. The van der Waals surface area contributed by atoms with Gasteiger partial charge in [-0.2, -0.15) is 4.98 Å². The second-order valence-electron chi connectivity index (χ2n) is 5.04. The molecule has 2 rings (SSSR count). The number of rotatable bonds is 4. The Morgan fingerprint density at radius 3 is 2.35 bits per heavy atom. The van der Waals surface area contributed by atoms with Gasteiger partial charge >= 0.3 is 0 Å². The van der Waals surface area contributed by atoms with E-state index in [9.17, 15) is 0 Å². The predicted octanol–water partition coefficient (Wildman–Crippen LogP) is 4.66. The maximum Gasteiger partial charge on any atom is 0.262 e. The minimum Gasteiger partial charge on any atom is -0.436 e. The van der Waals surface area contributed by atoms with Gasteiger partial charge in [-0.05, 0) is 41.1 Å². The lowest BCUT2D eigenvalue weighted by Gasteiger charge is -2.23. The van der Waals surface area contributed by atoms with Crippen molar-refractivity contribution in [2.45, 2.75) is 32.6 Å². The van der Waals surface area contributed by atoms with Gasteiger partial charge in [-0.3, -0.25) is 0 Å². The number of benzene rings is 1. The predicted molar refractivity (Wildman–Crippen MR) is 79.7 cm³/mol. The van der Waals surface area contributed by atoms with E-state index in [4.69, 9.17) is 27.9 Å². The van der Waals surface area contributed by atoms with Crippen molar-refractivity contribution in [2.24, 2.45) is 0 Å². The molecule has 4 nitrogen and oxygen atoms in total. The zero-order valence-corrected chi connectivity index (χ0v) is 13.0. The Morgan fingerprint density at radius 2 is 1.75 bits per heavy atom. The summed E-state index contributed by atoms with van der Waals surface area (Å²) in [5, 5.41) is 7.24. The van der Waals surface area contributed by atoms with Crippen LogP contribution in [0.1, 0.15) is 32.8 Å². The minimum atomic E-state index is -0.00636. The molecule has 1 aromatic carbocycles. The molecular formula is C14H15Cl2N3O. The molecule has 1 aromatic heterocycles. The molecule has 0 aliphatic rings. The fourth-order valence-electron chi connectivity index (χ4n) is 1.64. The van der Waals surface area contributed by atoms with Crippen LogP contribution in [0.25, 0.3) is 0 Å². The third-order valence-electron chi connectivity index (χ3n) is 3.32. The lowest BCUT2D eigenvalue weighted by molar-refractivity contribution is 0.455. The first kappa shape index (κ1) is 15.0. The molecule has 2 aromatic rings. The van der Waals surface area contributed by atoms with Crippen LogP contribution < -0.4 is 4.74 Å². The van der Waals surface area contributed by atoms with Gasteiger partial charge in [0.15, 0.2) is 0 Å². The number of ether oxygens (including phenoxy) is 1. The summed E-state index contributed by atoms with van der Waals surface area (Å²) < 4.78 is 5.56. The van der Waals surface area contributed by atoms with Crippen LogP contribution in [0.5, 0.6) is 11.6 Å². The molecule has 0 N–H and O–H groups in total. The van der Waals surface area contributed by atoms with Gasteiger partial charge < -0.3 is 4.74 Å². The summed E-state index contributed by atoms with van der Waals surface area (Å²) in [6, 6.07) is 7.81. The van der Waals surface area contributed by atoms with E-state index in [1.165, 1.54) is 5.56 Å². The fourth-order valence-corrected chi connectivity index (χ4v) is 1.87. The summed E-state index contributed by atoms with van der Waals surface area (Å²) in [5.74, 6) is 0.772. The first-order valence-corrected chi connectivity index (χ1v) is 7.02. The fraction of sp³-hybridized carbons (Fsp3) is 0.357. The molecule has 1 heterocycles. The van der Waals surface area contributed by atoms with Crippen molar-refractivity contribution in [1.29, 1.82) is 0 Å². The van der Waals surface area contributed by atoms with Gasteiger partial charge in [0.1, 0.15) is 5.75 Å². The highest BCUT2D eigenvalue weighted by Gasteiger charge is 2.18. The second-order valence-corrected chi connectivity index (χ2v) is 5.74. The third kappa shape index (κ3) is 3.38. The zero-order valence-electron chi connectivity index (χ0n) is 11.5. The molecular weight excluding hydrogens is 297 g/mol. The van der Waals surface area contributed by atoms with Gasteiger partial charge in [0, 0.05) is 0 Å². The normalized spacial score (nSPS) is 11.4. The average Bonchev–Trinajstić information content (AvgIpc) is 2.43. The molecule has 0 spiro atoms. The summed E-state index contributed by atoms with van der Waals surface area (Å²) in [6.45, 7) is 6.57. The molecule has 0 bridgehead atoms. The third-order valence-corrected chi connectivity index (χ3v) is 3.72. The Hall–Kier alpha value is -1.39. The SMILES string of the molecule is CCC(C)(C)c1ccc(Oc2nc(Cl)nnc2Cl)cc1.